The summed E-state index contributed by atoms with van der Waals surface area (Å²) in [6, 6.07) is 0. The van der Waals surface area contributed by atoms with E-state index in [1.165, 1.54) is 0 Å². The molecule has 1 aliphatic heterocycles. The van der Waals surface area contributed by atoms with Gasteiger partial charge >= 0.3 is 0 Å². The third-order valence-electron chi connectivity index (χ3n) is 0.878. The fraction of sp³-hybridized carbons (Fsp3) is 0.500. The van der Waals surface area contributed by atoms with Crippen LogP contribution in [0.15, 0.2) is 12.4 Å². The molecular formula is C4H10N3+. The molecule has 1 heterocycles. The van der Waals surface area contributed by atoms with Crippen LogP contribution in [0.25, 0.3) is 0 Å². The first-order valence-electron chi connectivity index (χ1n) is 2.25. The Morgan fingerprint density at radius 3 is 1.71 bits per heavy atom. The van der Waals surface area contributed by atoms with Gasteiger partial charge in [-0.25, -0.2) is 10.9 Å². The average Bonchev–Trinajstić information content (AvgIpc) is 1.84. The molecule has 0 aromatic heterocycles. The van der Waals surface area contributed by atoms with E-state index in [1.807, 2.05) is 26.5 Å². The van der Waals surface area contributed by atoms with Crippen LogP contribution in [0.4, 0.5) is 0 Å². The highest BCUT2D eigenvalue weighted by atomic mass is 15.8. The predicted octanol–water partition coefficient (Wildman–Crippen LogP) is -0.443. The van der Waals surface area contributed by atoms with Crippen LogP contribution >= 0.6 is 0 Å². The van der Waals surface area contributed by atoms with Crippen molar-refractivity contribution in [1.29, 1.82) is 0 Å². The molecule has 0 atom stereocenters. The number of nitrogens with one attached hydrogen (secondary N) is 2. The summed E-state index contributed by atoms with van der Waals surface area (Å²) in [6.07, 6.45) is 3.75. The molecule has 40 valence electrons. The molecule has 7 heavy (non-hydrogen) atoms. The van der Waals surface area contributed by atoms with Crippen molar-refractivity contribution in [1.82, 2.24) is 10.9 Å². The molecule has 1 aliphatic rings. The van der Waals surface area contributed by atoms with Gasteiger partial charge in [0.05, 0.1) is 12.4 Å². The lowest BCUT2D eigenvalue weighted by molar-refractivity contribution is -0.958. The van der Waals surface area contributed by atoms with Crippen molar-refractivity contribution in [3.05, 3.63) is 12.4 Å². The van der Waals surface area contributed by atoms with Crippen molar-refractivity contribution >= 4 is 0 Å². The summed E-state index contributed by atoms with van der Waals surface area (Å²) in [6.45, 7) is 0. The molecule has 0 radical (unpaired) electrons. The molecule has 0 spiro atoms. The molecule has 3 heteroatoms. The van der Waals surface area contributed by atoms with Crippen molar-refractivity contribution in [3.8, 4) is 0 Å². The number of rotatable bonds is 0. The van der Waals surface area contributed by atoms with Crippen LogP contribution in [0.5, 0.6) is 0 Å². The highest BCUT2D eigenvalue weighted by Gasteiger charge is 2.12. The Morgan fingerprint density at radius 1 is 1.14 bits per heavy atom. The first kappa shape index (κ1) is 4.46. The fourth-order valence-electron chi connectivity index (χ4n) is 0.484. The molecule has 0 aromatic rings. The third kappa shape index (κ3) is 0.838. The summed E-state index contributed by atoms with van der Waals surface area (Å²) in [5.74, 6) is 0. The van der Waals surface area contributed by atoms with E-state index < -0.39 is 0 Å². The summed E-state index contributed by atoms with van der Waals surface area (Å²) in [7, 11) is 4.03. The van der Waals surface area contributed by atoms with Crippen molar-refractivity contribution in [2.75, 3.05) is 14.1 Å². The minimum Gasteiger partial charge on any atom is -0.218 e. The second-order valence-corrected chi connectivity index (χ2v) is 2.04. The summed E-state index contributed by atoms with van der Waals surface area (Å²) >= 11 is 0. The average molecular weight is 100 g/mol. The zero-order valence-corrected chi connectivity index (χ0v) is 4.60. The lowest BCUT2D eigenvalue weighted by atomic mass is 11.0. The van der Waals surface area contributed by atoms with Crippen LogP contribution in [0, 0.1) is 0 Å². The van der Waals surface area contributed by atoms with E-state index in [9.17, 15) is 0 Å². The van der Waals surface area contributed by atoms with Gasteiger partial charge in [0.1, 0.15) is 14.1 Å². The molecular weight excluding hydrogens is 90.1 g/mol. The highest BCUT2D eigenvalue weighted by molar-refractivity contribution is 4.73. The summed E-state index contributed by atoms with van der Waals surface area (Å²) in [5, 5.41) is 0. The Hall–Kier alpha value is -0.700. The molecule has 0 aliphatic carbocycles. The number of hydrogen-bond donors (Lipinski definition) is 2. The molecule has 0 bridgehead atoms. The van der Waals surface area contributed by atoms with Crippen molar-refractivity contribution in [3.63, 3.8) is 0 Å². The quantitative estimate of drug-likeness (QED) is 0.403. The Morgan fingerprint density at radius 2 is 1.57 bits per heavy atom. The van der Waals surface area contributed by atoms with Gasteiger partial charge in [0.25, 0.3) is 0 Å². The van der Waals surface area contributed by atoms with Crippen molar-refractivity contribution in [2.24, 2.45) is 0 Å². The predicted molar refractivity (Wildman–Crippen MR) is 27.5 cm³/mol. The minimum atomic E-state index is 0.639. The maximum Gasteiger partial charge on any atom is 0.115 e. The van der Waals surface area contributed by atoms with Crippen molar-refractivity contribution in [2.45, 2.75) is 0 Å². The highest BCUT2D eigenvalue weighted by Crippen LogP contribution is 1.88. The maximum absolute atomic E-state index is 3.04. The lowest BCUT2D eigenvalue weighted by Gasteiger charge is -2.20. The Balaban J connectivity index is 2.49. The van der Waals surface area contributed by atoms with Crippen LogP contribution in [-0.2, 0) is 0 Å². The number of hydrogen-bond acceptors (Lipinski definition) is 2. The topological polar surface area (TPSA) is 24.1 Å². The summed E-state index contributed by atoms with van der Waals surface area (Å²) < 4.78 is 0.639. The Kier molecular flexibility index (Phi) is 0.722. The van der Waals surface area contributed by atoms with Gasteiger partial charge in [0.15, 0.2) is 0 Å². The molecule has 2 N–H and O–H groups in total. The molecule has 3 nitrogen and oxygen atoms in total. The van der Waals surface area contributed by atoms with Crippen LogP contribution in [0.1, 0.15) is 0 Å². The molecule has 0 saturated heterocycles. The van der Waals surface area contributed by atoms with E-state index >= 15 is 0 Å². The second kappa shape index (κ2) is 1.13. The van der Waals surface area contributed by atoms with E-state index in [2.05, 4.69) is 10.9 Å². The molecule has 0 amide bonds. The van der Waals surface area contributed by atoms with Crippen LogP contribution < -0.4 is 10.9 Å². The van der Waals surface area contributed by atoms with Gasteiger partial charge in [-0.15, -0.1) is 4.70 Å². The van der Waals surface area contributed by atoms with Crippen LogP contribution in [0.3, 0.4) is 0 Å². The number of quaternary nitrogens is 1. The van der Waals surface area contributed by atoms with Gasteiger partial charge in [-0.2, -0.15) is 0 Å². The second-order valence-electron chi connectivity index (χ2n) is 2.04. The van der Waals surface area contributed by atoms with E-state index in [4.69, 9.17) is 0 Å². The first-order valence-corrected chi connectivity index (χ1v) is 2.25. The maximum atomic E-state index is 3.04. The SMILES string of the molecule is C[N+]1(C)NC=CN1. The zero-order chi connectivity index (χ0) is 5.33. The van der Waals surface area contributed by atoms with Gasteiger partial charge in [-0.05, 0) is 0 Å². The van der Waals surface area contributed by atoms with Gasteiger partial charge < -0.3 is 0 Å². The Labute approximate surface area is 43.1 Å². The lowest BCUT2D eigenvalue weighted by Crippen LogP contribution is -2.52. The van der Waals surface area contributed by atoms with Gasteiger partial charge in [0.2, 0.25) is 0 Å². The van der Waals surface area contributed by atoms with Gasteiger partial charge in [-0.3, -0.25) is 0 Å². The normalized spacial score (nSPS) is 23.7. The Bertz CT molecular complexity index is 85.1. The monoisotopic (exact) mass is 100 g/mol. The fourth-order valence-corrected chi connectivity index (χ4v) is 0.484. The van der Waals surface area contributed by atoms with Crippen LogP contribution in [-0.4, -0.2) is 18.8 Å². The van der Waals surface area contributed by atoms with E-state index in [1.54, 1.807) is 0 Å². The first-order chi connectivity index (χ1) is 3.21. The molecule has 0 saturated carbocycles. The van der Waals surface area contributed by atoms with Gasteiger partial charge in [-0.1, -0.05) is 0 Å². The molecule has 1 rings (SSSR count). The largest absolute Gasteiger partial charge is 0.218 e. The van der Waals surface area contributed by atoms with Crippen molar-refractivity contribution < 1.29 is 4.70 Å². The molecule has 0 unspecified atom stereocenters. The zero-order valence-electron chi connectivity index (χ0n) is 4.60. The summed E-state index contributed by atoms with van der Waals surface area (Å²) in [4.78, 5) is 0. The smallest absolute Gasteiger partial charge is 0.115 e. The van der Waals surface area contributed by atoms with E-state index in [-0.39, 0.29) is 0 Å². The molecule has 0 fully saturated rings. The standard InChI is InChI=1S/C4H10N3/c1-7(2)5-3-4-6-7/h3-6H,1-2H3/q+1. The molecule has 0 aromatic carbocycles. The third-order valence-corrected chi connectivity index (χ3v) is 0.878. The summed E-state index contributed by atoms with van der Waals surface area (Å²) in [5.41, 5.74) is 6.08. The van der Waals surface area contributed by atoms with E-state index in [0.29, 0.717) is 4.70 Å². The minimum absolute atomic E-state index is 0.639. The number of nitrogens with zero attached hydrogens (tertiary/aromatic N) is 1. The van der Waals surface area contributed by atoms with Gasteiger partial charge in [0, 0.05) is 0 Å². The van der Waals surface area contributed by atoms with E-state index in [0.717, 1.165) is 0 Å². The van der Waals surface area contributed by atoms with Crippen LogP contribution in [0.2, 0.25) is 0 Å².